The van der Waals surface area contributed by atoms with Gasteiger partial charge >= 0.3 is 6.09 Å². The zero-order chi connectivity index (χ0) is 11.1. The second kappa shape index (κ2) is 5.89. The second-order valence-electron chi connectivity index (χ2n) is 2.68. The predicted octanol–water partition coefficient (Wildman–Crippen LogP) is 2.09. The van der Waals surface area contributed by atoms with Crippen LogP contribution < -0.4 is 5.32 Å². The quantitative estimate of drug-likeness (QED) is 0.800. The molecule has 0 saturated heterocycles. The zero-order valence-electron chi connectivity index (χ0n) is 7.87. The van der Waals surface area contributed by atoms with E-state index < -0.39 is 6.09 Å². The third kappa shape index (κ3) is 3.88. The van der Waals surface area contributed by atoms with Crippen molar-refractivity contribution in [2.45, 2.75) is 6.61 Å². The average molecular weight is 225 g/mol. The van der Waals surface area contributed by atoms with E-state index in [4.69, 9.17) is 21.6 Å². The van der Waals surface area contributed by atoms with E-state index in [1.165, 1.54) is 0 Å². The minimum absolute atomic E-state index is 0.0681. The van der Waals surface area contributed by atoms with Gasteiger partial charge in [-0.1, -0.05) is 29.8 Å². The number of carbonyl (C=O) groups excluding carboxylic acids is 1. The minimum Gasteiger partial charge on any atom is -0.445 e. The summed E-state index contributed by atoms with van der Waals surface area (Å²) in [6.07, 6.45) is -0.628. The van der Waals surface area contributed by atoms with Crippen molar-refractivity contribution in [3.8, 4) is 6.07 Å². The number of nitriles is 1. The van der Waals surface area contributed by atoms with Crippen LogP contribution in [-0.2, 0) is 11.3 Å². The van der Waals surface area contributed by atoms with Crippen LogP contribution in [0.3, 0.4) is 0 Å². The number of nitrogens with zero attached hydrogens (tertiary/aromatic N) is 1. The van der Waals surface area contributed by atoms with Gasteiger partial charge in [-0.25, -0.2) is 4.79 Å². The highest BCUT2D eigenvalue weighted by Crippen LogP contribution is 2.15. The van der Waals surface area contributed by atoms with E-state index in [0.717, 1.165) is 5.56 Å². The van der Waals surface area contributed by atoms with Crippen LogP contribution in [0.4, 0.5) is 4.79 Å². The molecule has 0 saturated carbocycles. The topological polar surface area (TPSA) is 62.1 Å². The highest BCUT2D eigenvalue weighted by atomic mass is 35.5. The highest BCUT2D eigenvalue weighted by molar-refractivity contribution is 6.31. The van der Waals surface area contributed by atoms with Crippen molar-refractivity contribution < 1.29 is 9.53 Å². The molecular formula is C10H9ClN2O2. The molecule has 0 fully saturated rings. The lowest BCUT2D eigenvalue weighted by molar-refractivity contribution is 0.141. The third-order valence-electron chi connectivity index (χ3n) is 1.63. The van der Waals surface area contributed by atoms with Crippen molar-refractivity contribution in [1.29, 1.82) is 5.26 Å². The van der Waals surface area contributed by atoms with Gasteiger partial charge in [0.2, 0.25) is 0 Å². The number of rotatable bonds is 3. The van der Waals surface area contributed by atoms with Gasteiger partial charge in [0, 0.05) is 10.6 Å². The van der Waals surface area contributed by atoms with Crippen molar-refractivity contribution >= 4 is 17.7 Å². The summed E-state index contributed by atoms with van der Waals surface area (Å²) in [5.74, 6) is 0. The number of amides is 1. The Balaban J connectivity index is 2.41. The maximum Gasteiger partial charge on any atom is 0.408 e. The van der Waals surface area contributed by atoms with Crippen LogP contribution in [0, 0.1) is 11.3 Å². The number of benzene rings is 1. The van der Waals surface area contributed by atoms with Crippen LogP contribution >= 0.6 is 11.6 Å². The fourth-order valence-corrected chi connectivity index (χ4v) is 1.11. The van der Waals surface area contributed by atoms with Gasteiger partial charge in [-0.15, -0.1) is 0 Å². The number of carbonyl (C=O) groups is 1. The molecule has 1 aromatic rings. The first-order valence-electron chi connectivity index (χ1n) is 4.25. The Morgan fingerprint density at radius 1 is 1.53 bits per heavy atom. The van der Waals surface area contributed by atoms with Gasteiger partial charge in [0.25, 0.3) is 0 Å². The van der Waals surface area contributed by atoms with Gasteiger partial charge in [0.15, 0.2) is 0 Å². The fourth-order valence-electron chi connectivity index (χ4n) is 0.921. The summed E-state index contributed by atoms with van der Waals surface area (Å²) >= 11 is 5.85. The maximum atomic E-state index is 11.0. The van der Waals surface area contributed by atoms with Crippen molar-refractivity contribution in [3.05, 3.63) is 34.9 Å². The summed E-state index contributed by atoms with van der Waals surface area (Å²) in [6.45, 7) is 0.0261. The SMILES string of the molecule is N#CCNC(=O)OCc1ccccc1Cl. The van der Waals surface area contributed by atoms with Gasteiger partial charge in [-0.3, -0.25) is 0 Å². The summed E-state index contributed by atoms with van der Waals surface area (Å²) in [5, 5.41) is 11.0. The monoisotopic (exact) mass is 224 g/mol. The van der Waals surface area contributed by atoms with E-state index in [1.54, 1.807) is 30.3 Å². The Hall–Kier alpha value is -1.73. The van der Waals surface area contributed by atoms with Gasteiger partial charge in [-0.2, -0.15) is 5.26 Å². The van der Waals surface area contributed by atoms with E-state index in [9.17, 15) is 4.79 Å². The molecule has 0 spiro atoms. The average Bonchev–Trinajstić information content (AvgIpc) is 2.25. The largest absolute Gasteiger partial charge is 0.445 e. The summed E-state index contributed by atoms with van der Waals surface area (Å²) < 4.78 is 4.83. The van der Waals surface area contributed by atoms with Crippen molar-refractivity contribution in [2.24, 2.45) is 0 Å². The summed E-state index contributed by atoms with van der Waals surface area (Å²) in [4.78, 5) is 11.0. The van der Waals surface area contributed by atoms with Gasteiger partial charge in [0.1, 0.15) is 13.2 Å². The molecule has 1 amide bonds. The molecular weight excluding hydrogens is 216 g/mol. The number of halogens is 1. The van der Waals surface area contributed by atoms with E-state index in [1.807, 2.05) is 0 Å². The van der Waals surface area contributed by atoms with Crippen molar-refractivity contribution in [1.82, 2.24) is 5.32 Å². The molecule has 78 valence electrons. The fraction of sp³-hybridized carbons (Fsp3) is 0.200. The van der Waals surface area contributed by atoms with Crippen molar-refractivity contribution in [3.63, 3.8) is 0 Å². The number of ether oxygens (including phenoxy) is 1. The van der Waals surface area contributed by atoms with Gasteiger partial charge < -0.3 is 10.1 Å². The van der Waals surface area contributed by atoms with E-state index in [-0.39, 0.29) is 13.2 Å². The molecule has 1 aromatic carbocycles. The molecule has 0 aliphatic heterocycles. The maximum absolute atomic E-state index is 11.0. The molecule has 0 radical (unpaired) electrons. The lowest BCUT2D eigenvalue weighted by Crippen LogP contribution is -2.24. The first-order chi connectivity index (χ1) is 7.24. The zero-order valence-corrected chi connectivity index (χ0v) is 8.62. The first kappa shape index (κ1) is 11.3. The highest BCUT2D eigenvalue weighted by Gasteiger charge is 2.03. The van der Waals surface area contributed by atoms with Crippen LogP contribution in [0.1, 0.15) is 5.56 Å². The smallest absolute Gasteiger partial charge is 0.408 e. The lowest BCUT2D eigenvalue weighted by atomic mass is 10.2. The Labute approximate surface area is 92.4 Å². The Kier molecular flexibility index (Phi) is 4.45. The van der Waals surface area contributed by atoms with E-state index in [0.29, 0.717) is 5.02 Å². The van der Waals surface area contributed by atoms with Crippen LogP contribution in [0.15, 0.2) is 24.3 Å². The number of hydrogen-bond acceptors (Lipinski definition) is 3. The predicted molar refractivity (Wildman–Crippen MR) is 55.3 cm³/mol. The normalized spacial score (nSPS) is 9.07. The van der Waals surface area contributed by atoms with E-state index >= 15 is 0 Å². The molecule has 15 heavy (non-hydrogen) atoms. The molecule has 1 rings (SSSR count). The summed E-state index contributed by atoms with van der Waals surface area (Å²) in [7, 11) is 0. The van der Waals surface area contributed by atoms with Crippen LogP contribution in [0.5, 0.6) is 0 Å². The summed E-state index contributed by atoms with van der Waals surface area (Å²) in [6, 6.07) is 8.85. The van der Waals surface area contributed by atoms with Gasteiger partial charge in [0.05, 0.1) is 6.07 Å². The Morgan fingerprint density at radius 2 is 2.27 bits per heavy atom. The molecule has 0 aromatic heterocycles. The van der Waals surface area contributed by atoms with Crippen LogP contribution in [-0.4, -0.2) is 12.6 Å². The molecule has 0 unspecified atom stereocenters. The second-order valence-corrected chi connectivity index (χ2v) is 3.09. The van der Waals surface area contributed by atoms with E-state index in [2.05, 4.69) is 5.32 Å². The minimum atomic E-state index is -0.628. The third-order valence-corrected chi connectivity index (χ3v) is 2.00. The molecule has 0 heterocycles. The molecule has 0 atom stereocenters. The Bertz CT molecular complexity index is 387. The van der Waals surface area contributed by atoms with Gasteiger partial charge in [-0.05, 0) is 6.07 Å². The van der Waals surface area contributed by atoms with Crippen LogP contribution in [0.2, 0.25) is 5.02 Å². The molecule has 0 bridgehead atoms. The molecule has 5 heteroatoms. The molecule has 1 N–H and O–H groups in total. The molecule has 0 aliphatic carbocycles. The first-order valence-corrected chi connectivity index (χ1v) is 4.63. The molecule has 4 nitrogen and oxygen atoms in total. The number of alkyl carbamates (subject to hydrolysis) is 1. The number of nitrogens with one attached hydrogen (secondary N) is 1. The number of hydrogen-bond donors (Lipinski definition) is 1. The van der Waals surface area contributed by atoms with Crippen molar-refractivity contribution in [2.75, 3.05) is 6.54 Å². The Morgan fingerprint density at radius 3 is 2.93 bits per heavy atom. The lowest BCUT2D eigenvalue weighted by Gasteiger charge is -2.05. The standard InChI is InChI=1S/C10H9ClN2O2/c11-9-4-2-1-3-8(9)7-15-10(14)13-6-5-12/h1-4H,6-7H2,(H,13,14). The summed E-state index contributed by atoms with van der Waals surface area (Å²) in [5.41, 5.74) is 0.728. The van der Waals surface area contributed by atoms with Crippen LogP contribution in [0.25, 0.3) is 0 Å². The molecule has 0 aliphatic rings.